The minimum absolute atomic E-state index is 0.200. The average molecular weight is 262 g/mol. The first-order valence-corrected chi connectivity index (χ1v) is 6.19. The zero-order valence-electron chi connectivity index (χ0n) is 11.8. The number of carbonyl (C=O) groups is 1. The largest absolute Gasteiger partial charge is 0.372 e. The Morgan fingerprint density at radius 3 is 2.42 bits per heavy atom. The van der Waals surface area contributed by atoms with E-state index in [9.17, 15) is 4.79 Å². The quantitative estimate of drug-likeness (QED) is 0.783. The van der Waals surface area contributed by atoms with Gasteiger partial charge in [0.05, 0.1) is 23.8 Å². The molecule has 0 aromatic carbocycles. The van der Waals surface area contributed by atoms with Crippen LogP contribution in [0.1, 0.15) is 51.9 Å². The second-order valence-electron chi connectivity index (χ2n) is 5.77. The molecule has 0 fully saturated rings. The van der Waals surface area contributed by atoms with Gasteiger partial charge in [-0.3, -0.25) is 0 Å². The van der Waals surface area contributed by atoms with Crippen molar-refractivity contribution in [1.82, 2.24) is 30.0 Å². The maximum Gasteiger partial charge on any atom is 0.372 e. The molecule has 2 aromatic heterocycles. The molecule has 7 nitrogen and oxygen atoms in total. The van der Waals surface area contributed by atoms with Gasteiger partial charge >= 0.3 is 6.03 Å². The van der Waals surface area contributed by atoms with Crippen LogP contribution in [0.4, 0.5) is 4.79 Å². The molecule has 7 heteroatoms. The van der Waals surface area contributed by atoms with Crippen LogP contribution in [0.5, 0.6) is 0 Å². The Kier molecular flexibility index (Phi) is 3.21. The van der Waals surface area contributed by atoms with E-state index >= 15 is 0 Å². The summed E-state index contributed by atoms with van der Waals surface area (Å²) in [6, 6.07) is -0.373. The SMILES string of the molecule is CC(C)c1nnn(C(=O)n2ccnn2)c1C(C)(C)C. The number of nitrogens with zero attached hydrogens (tertiary/aromatic N) is 6. The van der Waals surface area contributed by atoms with Crippen LogP contribution in [-0.4, -0.2) is 36.0 Å². The lowest BCUT2D eigenvalue weighted by atomic mass is 9.88. The molecule has 0 radical (unpaired) electrons. The highest BCUT2D eigenvalue weighted by molar-refractivity contribution is 5.78. The lowest BCUT2D eigenvalue weighted by Gasteiger charge is -2.21. The summed E-state index contributed by atoms with van der Waals surface area (Å²) >= 11 is 0. The summed E-state index contributed by atoms with van der Waals surface area (Å²) in [5.74, 6) is 0.200. The second-order valence-corrected chi connectivity index (χ2v) is 5.77. The fourth-order valence-electron chi connectivity index (χ4n) is 1.93. The van der Waals surface area contributed by atoms with E-state index in [0.29, 0.717) is 0 Å². The van der Waals surface area contributed by atoms with Gasteiger partial charge in [-0.2, -0.15) is 9.36 Å². The lowest BCUT2D eigenvalue weighted by molar-refractivity contribution is 0.235. The van der Waals surface area contributed by atoms with Crippen LogP contribution in [0.25, 0.3) is 0 Å². The molecule has 0 N–H and O–H groups in total. The molecule has 0 atom stereocenters. The Morgan fingerprint density at radius 2 is 1.95 bits per heavy atom. The van der Waals surface area contributed by atoms with Crippen LogP contribution in [-0.2, 0) is 5.41 Å². The molecular formula is C12H18N6O. The minimum atomic E-state index is -0.373. The zero-order valence-corrected chi connectivity index (χ0v) is 11.8. The molecule has 0 saturated heterocycles. The van der Waals surface area contributed by atoms with Crippen molar-refractivity contribution < 1.29 is 4.79 Å². The van der Waals surface area contributed by atoms with Crippen molar-refractivity contribution in [2.24, 2.45) is 0 Å². The molecule has 0 unspecified atom stereocenters. The zero-order chi connectivity index (χ0) is 14.2. The molecule has 2 rings (SSSR count). The van der Waals surface area contributed by atoms with Crippen LogP contribution >= 0.6 is 0 Å². The van der Waals surface area contributed by atoms with Crippen LogP contribution < -0.4 is 0 Å². The molecule has 102 valence electrons. The highest BCUT2D eigenvalue weighted by Crippen LogP contribution is 2.28. The minimum Gasteiger partial charge on any atom is -0.243 e. The first kappa shape index (κ1) is 13.4. The topological polar surface area (TPSA) is 78.5 Å². The fourth-order valence-corrected chi connectivity index (χ4v) is 1.93. The monoisotopic (exact) mass is 262 g/mol. The van der Waals surface area contributed by atoms with Crippen molar-refractivity contribution >= 4 is 6.03 Å². The first-order chi connectivity index (χ1) is 8.82. The van der Waals surface area contributed by atoms with Crippen LogP contribution in [0.3, 0.4) is 0 Å². The maximum absolute atomic E-state index is 12.3. The van der Waals surface area contributed by atoms with Gasteiger partial charge in [0.15, 0.2) is 0 Å². The Morgan fingerprint density at radius 1 is 1.26 bits per heavy atom. The summed E-state index contributed by atoms with van der Waals surface area (Å²) in [6.07, 6.45) is 2.94. The molecule has 0 aliphatic rings. The van der Waals surface area contributed by atoms with E-state index in [2.05, 4.69) is 20.6 Å². The first-order valence-electron chi connectivity index (χ1n) is 6.19. The molecule has 0 aliphatic heterocycles. The van der Waals surface area contributed by atoms with E-state index in [4.69, 9.17) is 0 Å². The Hall–Kier alpha value is -2.05. The molecule has 0 aliphatic carbocycles. The highest BCUT2D eigenvalue weighted by atomic mass is 16.2. The van der Waals surface area contributed by atoms with Crippen molar-refractivity contribution in [1.29, 1.82) is 0 Å². The number of hydrogen-bond donors (Lipinski definition) is 0. The van der Waals surface area contributed by atoms with Crippen LogP contribution in [0.2, 0.25) is 0 Å². The number of carbonyl (C=O) groups excluding carboxylic acids is 1. The van der Waals surface area contributed by atoms with Crippen LogP contribution in [0.15, 0.2) is 12.4 Å². The van der Waals surface area contributed by atoms with Gasteiger partial charge in [0.25, 0.3) is 0 Å². The summed E-state index contributed by atoms with van der Waals surface area (Å²) in [7, 11) is 0. The number of hydrogen-bond acceptors (Lipinski definition) is 5. The fraction of sp³-hybridized carbons (Fsp3) is 0.583. The Bertz CT molecular complexity index is 576. The molecule has 0 spiro atoms. The van der Waals surface area contributed by atoms with Crippen LogP contribution in [0, 0.1) is 0 Å². The van der Waals surface area contributed by atoms with E-state index in [1.54, 1.807) is 0 Å². The third-order valence-corrected chi connectivity index (χ3v) is 2.75. The van der Waals surface area contributed by atoms with Gasteiger partial charge in [0.1, 0.15) is 0 Å². The maximum atomic E-state index is 12.3. The van der Waals surface area contributed by atoms with E-state index in [1.807, 2.05) is 34.6 Å². The summed E-state index contributed by atoms with van der Waals surface area (Å²) < 4.78 is 2.46. The molecule has 0 bridgehead atoms. The third kappa shape index (κ3) is 2.40. The van der Waals surface area contributed by atoms with Crippen molar-refractivity contribution in [2.45, 2.75) is 46.0 Å². The predicted octanol–water partition coefficient (Wildman–Crippen LogP) is 1.81. The van der Waals surface area contributed by atoms with Gasteiger partial charge < -0.3 is 0 Å². The molecule has 2 aromatic rings. The van der Waals surface area contributed by atoms with E-state index < -0.39 is 0 Å². The van der Waals surface area contributed by atoms with Gasteiger partial charge in [-0.25, -0.2) is 4.79 Å². The smallest absolute Gasteiger partial charge is 0.243 e. The predicted molar refractivity (Wildman–Crippen MR) is 69.0 cm³/mol. The standard InChI is InChI=1S/C12H18N6O/c1-8(2)9-10(12(3,4)5)18(16-14-9)11(19)17-7-6-13-15-17/h6-8H,1-5H3. The van der Waals surface area contributed by atoms with E-state index in [1.165, 1.54) is 17.1 Å². The summed E-state index contributed by atoms with van der Waals surface area (Å²) in [5, 5.41) is 15.5. The van der Waals surface area contributed by atoms with Gasteiger partial charge in [0, 0.05) is 5.41 Å². The average Bonchev–Trinajstić information content (AvgIpc) is 2.96. The number of aromatic nitrogens is 6. The summed E-state index contributed by atoms with van der Waals surface area (Å²) in [4.78, 5) is 12.3. The third-order valence-electron chi connectivity index (χ3n) is 2.75. The lowest BCUT2D eigenvalue weighted by Crippen LogP contribution is -2.29. The normalized spacial score (nSPS) is 12.1. The van der Waals surface area contributed by atoms with Crippen molar-refractivity contribution in [3.8, 4) is 0 Å². The van der Waals surface area contributed by atoms with Gasteiger partial charge in [-0.05, 0) is 5.92 Å². The summed E-state index contributed by atoms with van der Waals surface area (Å²) in [5.41, 5.74) is 1.41. The van der Waals surface area contributed by atoms with Crippen molar-refractivity contribution in [3.05, 3.63) is 23.8 Å². The van der Waals surface area contributed by atoms with E-state index in [0.717, 1.165) is 16.1 Å². The molecule has 0 saturated carbocycles. The van der Waals surface area contributed by atoms with E-state index in [-0.39, 0.29) is 17.4 Å². The molecule has 0 amide bonds. The Labute approximate surface area is 111 Å². The summed E-state index contributed by atoms with van der Waals surface area (Å²) in [6.45, 7) is 10.2. The Balaban J connectivity index is 2.56. The number of rotatable bonds is 1. The van der Waals surface area contributed by atoms with Gasteiger partial charge in [-0.15, -0.1) is 10.2 Å². The molecule has 19 heavy (non-hydrogen) atoms. The van der Waals surface area contributed by atoms with Gasteiger partial charge in [-0.1, -0.05) is 45.0 Å². The van der Waals surface area contributed by atoms with Gasteiger partial charge in [0.2, 0.25) is 0 Å². The van der Waals surface area contributed by atoms with Crippen molar-refractivity contribution in [3.63, 3.8) is 0 Å². The highest BCUT2D eigenvalue weighted by Gasteiger charge is 2.30. The molecular weight excluding hydrogens is 244 g/mol. The second kappa shape index (κ2) is 4.56. The molecule has 2 heterocycles. The van der Waals surface area contributed by atoms with Crippen molar-refractivity contribution in [2.75, 3.05) is 0 Å².